The molecule has 0 unspecified atom stereocenters. The lowest BCUT2D eigenvalue weighted by atomic mass is 10.1. The van der Waals surface area contributed by atoms with E-state index < -0.39 is 10.0 Å². The number of sulfonamides is 1. The van der Waals surface area contributed by atoms with Crippen LogP contribution in [0.1, 0.15) is 35.2 Å². The monoisotopic (exact) mass is 418 g/mol. The minimum absolute atomic E-state index is 0.0290. The van der Waals surface area contributed by atoms with Crippen LogP contribution in [0.3, 0.4) is 0 Å². The molecule has 0 radical (unpaired) electrons. The molecule has 1 saturated heterocycles. The highest BCUT2D eigenvalue weighted by molar-refractivity contribution is 7.92. The van der Waals surface area contributed by atoms with E-state index >= 15 is 0 Å². The van der Waals surface area contributed by atoms with Crippen LogP contribution in [0.5, 0.6) is 11.5 Å². The maximum atomic E-state index is 13.0. The maximum Gasteiger partial charge on any atom is 0.262 e. The minimum Gasteiger partial charge on any atom is -0.497 e. The number of rotatable bonds is 6. The van der Waals surface area contributed by atoms with Crippen molar-refractivity contribution in [2.24, 2.45) is 0 Å². The second-order valence-corrected chi connectivity index (χ2v) is 8.68. The van der Waals surface area contributed by atoms with E-state index in [0.29, 0.717) is 30.2 Å². The Morgan fingerprint density at radius 2 is 1.72 bits per heavy atom. The highest BCUT2D eigenvalue weighted by atomic mass is 32.2. The van der Waals surface area contributed by atoms with Gasteiger partial charge in [0, 0.05) is 24.7 Å². The van der Waals surface area contributed by atoms with Crippen molar-refractivity contribution in [1.82, 2.24) is 4.90 Å². The van der Waals surface area contributed by atoms with Gasteiger partial charge in [0.15, 0.2) is 0 Å². The molecular weight excluding hydrogens is 392 g/mol. The highest BCUT2D eigenvalue weighted by Gasteiger charge is 2.23. The Kier molecular flexibility index (Phi) is 6.32. The molecule has 1 aliphatic heterocycles. The first kappa shape index (κ1) is 21.0. The lowest BCUT2D eigenvalue weighted by molar-refractivity contribution is 0.0723. The predicted molar refractivity (Wildman–Crippen MR) is 111 cm³/mol. The number of ether oxygens (including phenoxy) is 2. The minimum atomic E-state index is -3.91. The van der Waals surface area contributed by atoms with Crippen molar-refractivity contribution < 1.29 is 22.7 Å². The molecule has 0 spiro atoms. The van der Waals surface area contributed by atoms with Crippen LogP contribution in [0.25, 0.3) is 0 Å². The first-order valence-corrected chi connectivity index (χ1v) is 11.0. The topological polar surface area (TPSA) is 84.9 Å². The smallest absolute Gasteiger partial charge is 0.262 e. The SMILES string of the molecule is COc1ccc(NS(=O)(=O)c2ccc(C)c(C(=O)N3CCCCC3)c2)c(OC)c1. The van der Waals surface area contributed by atoms with Gasteiger partial charge in [0.2, 0.25) is 0 Å². The number of carbonyl (C=O) groups is 1. The van der Waals surface area contributed by atoms with Gasteiger partial charge in [-0.05, 0) is 56.0 Å². The van der Waals surface area contributed by atoms with Crippen LogP contribution in [0.2, 0.25) is 0 Å². The Balaban J connectivity index is 1.90. The standard InChI is InChI=1S/C21H26N2O5S/c1-15-7-9-17(14-18(15)21(24)23-11-5-4-6-12-23)29(25,26)22-19-10-8-16(27-2)13-20(19)28-3/h7-10,13-14,22H,4-6,11-12H2,1-3H3. The number of carbonyl (C=O) groups excluding carboxylic acids is 1. The Morgan fingerprint density at radius 1 is 1.00 bits per heavy atom. The van der Waals surface area contributed by atoms with E-state index in [9.17, 15) is 13.2 Å². The summed E-state index contributed by atoms with van der Waals surface area (Å²) in [6, 6.07) is 9.42. The lowest BCUT2D eigenvalue weighted by Crippen LogP contribution is -2.36. The molecular formula is C21H26N2O5S. The molecule has 7 nitrogen and oxygen atoms in total. The van der Waals surface area contributed by atoms with Crippen molar-refractivity contribution in [3.63, 3.8) is 0 Å². The van der Waals surface area contributed by atoms with Gasteiger partial charge in [-0.2, -0.15) is 0 Å². The second-order valence-electron chi connectivity index (χ2n) is 7.00. The number of hydrogen-bond donors (Lipinski definition) is 1. The van der Waals surface area contributed by atoms with E-state index in [1.165, 1.54) is 26.4 Å². The molecule has 0 atom stereocenters. The number of hydrogen-bond acceptors (Lipinski definition) is 5. The third-order valence-corrected chi connectivity index (χ3v) is 6.41. The summed E-state index contributed by atoms with van der Waals surface area (Å²) in [5, 5.41) is 0. The molecule has 29 heavy (non-hydrogen) atoms. The first-order valence-electron chi connectivity index (χ1n) is 9.50. The molecule has 2 aromatic rings. The molecule has 0 aliphatic carbocycles. The normalized spacial score (nSPS) is 14.4. The van der Waals surface area contributed by atoms with Gasteiger partial charge in [-0.15, -0.1) is 0 Å². The predicted octanol–water partition coefficient (Wildman–Crippen LogP) is 3.44. The van der Waals surface area contributed by atoms with Gasteiger partial charge in [-0.25, -0.2) is 8.42 Å². The van der Waals surface area contributed by atoms with Gasteiger partial charge in [-0.3, -0.25) is 9.52 Å². The van der Waals surface area contributed by atoms with Gasteiger partial charge in [-0.1, -0.05) is 6.07 Å². The molecule has 0 bridgehead atoms. The fourth-order valence-electron chi connectivity index (χ4n) is 3.35. The molecule has 2 aromatic carbocycles. The van der Waals surface area contributed by atoms with Gasteiger partial charge in [0.1, 0.15) is 11.5 Å². The van der Waals surface area contributed by atoms with Gasteiger partial charge >= 0.3 is 0 Å². The molecule has 3 rings (SSSR count). The van der Waals surface area contributed by atoms with E-state index in [1.54, 1.807) is 29.2 Å². The van der Waals surface area contributed by atoms with Gasteiger partial charge in [0.25, 0.3) is 15.9 Å². The number of methoxy groups -OCH3 is 2. The first-order chi connectivity index (χ1) is 13.9. The Labute approximate surface area is 171 Å². The lowest BCUT2D eigenvalue weighted by Gasteiger charge is -2.27. The average Bonchev–Trinajstić information content (AvgIpc) is 2.74. The number of aryl methyl sites for hydroxylation is 1. The molecule has 1 aliphatic rings. The quantitative estimate of drug-likeness (QED) is 0.777. The van der Waals surface area contributed by atoms with Crippen LogP contribution in [0.4, 0.5) is 5.69 Å². The van der Waals surface area contributed by atoms with E-state index in [0.717, 1.165) is 24.8 Å². The van der Waals surface area contributed by atoms with E-state index in [2.05, 4.69) is 4.72 Å². The fraction of sp³-hybridized carbons (Fsp3) is 0.381. The van der Waals surface area contributed by atoms with Crippen molar-refractivity contribution in [2.45, 2.75) is 31.1 Å². The summed E-state index contributed by atoms with van der Waals surface area (Å²) < 4.78 is 38.9. The van der Waals surface area contributed by atoms with Crippen molar-refractivity contribution >= 4 is 21.6 Å². The van der Waals surface area contributed by atoms with Crippen molar-refractivity contribution in [3.05, 3.63) is 47.5 Å². The van der Waals surface area contributed by atoms with Crippen LogP contribution in [-0.4, -0.2) is 46.5 Å². The largest absolute Gasteiger partial charge is 0.497 e. The summed E-state index contributed by atoms with van der Waals surface area (Å²) in [5.41, 5.74) is 1.45. The van der Waals surface area contributed by atoms with Crippen molar-refractivity contribution in [2.75, 3.05) is 32.0 Å². The van der Waals surface area contributed by atoms with Crippen LogP contribution >= 0.6 is 0 Å². The van der Waals surface area contributed by atoms with Gasteiger partial charge in [0.05, 0.1) is 24.8 Å². The molecule has 1 N–H and O–H groups in total. The maximum absolute atomic E-state index is 13.0. The number of piperidine rings is 1. The third-order valence-electron chi connectivity index (χ3n) is 5.05. The number of anilines is 1. The molecule has 156 valence electrons. The van der Waals surface area contributed by atoms with Crippen molar-refractivity contribution in [1.29, 1.82) is 0 Å². The number of nitrogens with zero attached hydrogens (tertiary/aromatic N) is 1. The van der Waals surface area contributed by atoms with Crippen LogP contribution in [0.15, 0.2) is 41.3 Å². The third kappa shape index (κ3) is 4.64. The summed E-state index contributed by atoms with van der Waals surface area (Å²) >= 11 is 0. The summed E-state index contributed by atoms with van der Waals surface area (Å²) in [6.07, 6.45) is 3.06. The van der Waals surface area contributed by atoms with Crippen molar-refractivity contribution in [3.8, 4) is 11.5 Å². The zero-order chi connectivity index (χ0) is 21.0. The summed E-state index contributed by atoms with van der Waals surface area (Å²) in [6.45, 7) is 3.22. The molecule has 8 heteroatoms. The van der Waals surface area contributed by atoms with Crippen LogP contribution in [0, 0.1) is 6.92 Å². The van der Waals surface area contributed by atoms with E-state index in [1.807, 2.05) is 6.92 Å². The number of nitrogens with one attached hydrogen (secondary N) is 1. The Hall–Kier alpha value is -2.74. The second kappa shape index (κ2) is 8.73. The molecule has 0 saturated carbocycles. The summed E-state index contributed by atoms with van der Waals surface area (Å²) in [4.78, 5) is 14.7. The number of likely N-dealkylation sites (tertiary alicyclic amines) is 1. The number of benzene rings is 2. The average molecular weight is 419 g/mol. The molecule has 1 amide bonds. The molecule has 1 heterocycles. The van der Waals surface area contributed by atoms with Gasteiger partial charge < -0.3 is 14.4 Å². The highest BCUT2D eigenvalue weighted by Crippen LogP contribution is 2.31. The summed E-state index contributed by atoms with van der Waals surface area (Å²) in [5.74, 6) is 0.764. The number of amides is 1. The van der Waals surface area contributed by atoms with Crippen LogP contribution < -0.4 is 14.2 Å². The molecule has 0 aromatic heterocycles. The fourth-order valence-corrected chi connectivity index (χ4v) is 4.45. The Bertz CT molecular complexity index is 998. The summed E-state index contributed by atoms with van der Waals surface area (Å²) in [7, 11) is -0.939. The van der Waals surface area contributed by atoms with E-state index in [4.69, 9.17) is 9.47 Å². The van der Waals surface area contributed by atoms with E-state index in [-0.39, 0.29) is 16.5 Å². The zero-order valence-corrected chi connectivity index (χ0v) is 17.7. The zero-order valence-electron chi connectivity index (χ0n) is 16.9. The van der Waals surface area contributed by atoms with Crippen LogP contribution in [-0.2, 0) is 10.0 Å². The Morgan fingerprint density at radius 3 is 2.38 bits per heavy atom. The molecule has 1 fully saturated rings.